The van der Waals surface area contributed by atoms with E-state index >= 15 is 0 Å². The Morgan fingerprint density at radius 3 is 2.65 bits per heavy atom. The molecular weight excluding hydrogens is 258 g/mol. The number of nitrogens with zero attached hydrogens (tertiary/aromatic N) is 1. The van der Waals surface area contributed by atoms with E-state index in [2.05, 4.69) is 0 Å². The van der Waals surface area contributed by atoms with Crippen molar-refractivity contribution in [2.75, 3.05) is 0 Å². The van der Waals surface area contributed by atoms with Crippen molar-refractivity contribution in [1.29, 1.82) is 0 Å². The molecule has 3 rings (SSSR count). The summed E-state index contributed by atoms with van der Waals surface area (Å²) in [6.07, 6.45) is 1.20. The molecule has 104 valence electrons. The van der Waals surface area contributed by atoms with Crippen LogP contribution in [0.2, 0.25) is 0 Å². The molecule has 1 unspecified atom stereocenters. The maximum Gasteiger partial charge on any atom is 0.255 e. The van der Waals surface area contributed by atoms with E-state index in [1.54, 1.807) is 12.1 Å². The summed E-state index contributed by atoms with van der Waals surface area (Å²) >= 11 is 0. The number of rotatable bonds is 1. The zero-order chi connectivity index (χ0) is 14.3. The van der Waals surface area contributed by atoms with Crippen LogP contribution in [0.15, 0.2) is 18.2 Å². The average molecular weight is 273 g/mol. The maximum absolute atomic E-state index is 12.4. The Hall–Kier alpha value is -2.17. The highest BCUT2D eigenvalue weighted by molar-refractivity contribution is 6.02. The lowest BCUT2D eigenvalue weighted by Gasteiger charge is -2.25. The molecule has 1 amide bonds. The second kappa shape index (κ2) is 4.74. The van der Waals surface area contributed by atoms with Crippen molar-refractivity contribution in [2.24, 2.45) is 0 Å². The normalized spacial score (nSPS) is 22.9. The van der Waals surface area contributed by atoms with E-state index in [4.69, 9.17) is 0 Å². The molecule has 1 atom stereocenters. The molecule has 1 aliphatic heterocycles. The summed E-state index contributed by atoms with van der Waals surface area (Å²) in [7, 11) is 0. The van der Waals surface area contributed by atoms with Crippen LogP contribution in [0.4, 0.5) is 0 Å². The summed E-state index contributed by atoms with van der Waals surface area (Å²) < 4.78 is 0. The van der Waals surface area contributed by atoms with Crippen molar-refractivity contribution in [3.8, 4) is 5.75 Å². The van der Waals surface area contributed by atoms with Gasteiger partial charge in [-0.1, -0.05) is 6.07 Å². The van der Waals surface area contributed by atoms with Crippen LogP contribution in [0, 0.1) is 0 Å². The Bertz CT molecular complexity index is 608. The molecule has 5 heteroatoms. The van der Waals surface area contributed by atoms with Crippen LogP contribution in [0.3, 0.4) is 0 Å². The van der Waals surface area contributed by atoms with Crippen molar-refractivity contribution in [1.82, 2.24) is 4.90 Å². The third-order valence-electron chi connectivity index (χ3n) is 4.07. The van der Waals surface area contributed by atoms with E-state index < -0.39 is 6.04 Å². The molecule has 1 heterocycles. The zero-order valence-electron chi connectivity index (χ0n) is 11.0. The molecule has 5 nitrogen and oxygen atoms in total. The van der Waals surface area contributed by atoms with Crippen molar-refractivity contribution in [3.05, 3.63) is 29.3 Å². The van der Waals surface area contributed by atoms with Crippen LogP contribution in [0.1, 0.15) is 41.6 Å². The number of hydrogen-bond donors (Lipinski definition) is 1. The molecule has 0 spiro atoms. The molecule has 1 aromatic rings. The van der Waals surface area contributed by atoms with Gasteiger partial charge in [-0.3, -0.25) is 14.4 Å². The van der Waals surface area contributed by atoms with Crippen molar-refractivity contribution in [3.63, 3.8) is 0 Å². The number of fused-ring (bicyclic) bond motifs is 1. The lowest BCUT2D eigenvalue weighted by atomic mass is 10.1. The predicted octanol–water partition coefficient (Wildman–Crippen LogP) is 1.43. The highest BCUT2D eigenvalue weighted by Gasteiger charge is 2.38. The summed E-state index contributed by atoms with van der Waals surface area (Å²) in [6.45, 7) is 0.242. The molecule has 1 aromatic carbocycles. The van der Waals surface area contributed by atoms with Crippen molar-refractivity contribution in [2.45, 2.75) is 38.3 Å². The van der Waals surface area contributed by atoms with Crippen molar-refractivity contribution < 1.29 is 19.5 Å². The minimum Gasteiger partial charge on any atom is -0.508 e. The number of phenols is 1. The second-order valence-corrected chi connectivity index (χ2v) is 5.30. The first kappa shape index (κ1) is 12.8. The highest BCUT2D eigenvalue weighted by Crippen LogP contribution is 2.33. The third kappa shape index (κ3) is 1.99. The molecule has 20 heavy (non-hydrogen) atoms. The number of amides is 1. The fraction of sp³-hybridized carbons (Fsp3) is 0.400. The fourth-order valence-electron chi connectivity index (χ4n) is 2.93. The van der Waals surface area contributed by atoms with E-state index in [-0.39, 0.29) is 42.6 Å². The Kier molecular flexibility index (Phi) is 3.04. The first-order chi connectivity index (χ1) is 9.58. The molecule has 0 aromatic heterocycles. The van der Waals surface area contributed by atoms with Gasteiger partial charge in [0.05, 0.1) is 12.6 Å². The molecule has 0 bridgehead atoms. The van der Waals surface area contributed by atoms with E-state index in [0.29, 0.717) is 24.0 Å². The Morgan fingerprint density at radius 1 is 1.10 bits per heavy atom. The molecule has 0 saturated heterocycles. The van der Waals surface area contributed by atoms with E-state index in [1.165, 1.54) is 11.0 Å². The molecule has 1 fully saturated rings. The summed E-state index contributed by atoms with van der Waals surface area (Å²) in [4.78, 5) is 37.4. The van der Waals surface area contributed by atoms with E-state index in [1.807, 2.05) is 0 Å². The number of ketones is 2. The molecule has 1 aliphatic carbocycles. The quantitative estimate of drug-likeness (QED) is 0.785. The monoisotopic (exact) mass is 273 g/mol. The minimum absolute atomic E-state index is 0.0588. The number of carbonyl (C=O) groups excluding carboxylic acids is 3. The molecule has 2 aliphatic rings. The van der Waals surface area contributed by atoms with E-state index in [0.717, 1.165) is 0 Å². The average Bonchev–Trinajstić information content (AvgIpc) is 2.66. The third-order valence-corrected chi connectivity index (χ3v) is 4.07. The molecule has 0 radical (unpaired) electrons. The molecule has 1 N–H and O–H groups in total. The number of Topliss-reactive ketones (excluding diaryl/α,β-unsaturated/α-hetero) is 2. The summed E-state index contributed by atoms with van der Waals surface area (Å²) in [5.41, 5.74) is 1.02. The number of phenolic OH excluding ortho intramolecular Hbond substituents is 1. The number of aromatic hydroxyl groups is 1. The van der Waals surface area contributed by atoms with Gasteiger partial charge in [0, 0.05) is 30.4 Å². The van der Waals surface area contributed by atoms with Crippen LogP contribution >= 0.6 is 0 Å². The Morgan fingerprint density at radius 2 is 1.90 bits per heavy atom. The van der Waals surface area contributed by atoms with Gasteiger partial charge in [0.15, 0.2) is 5.78 Å². The minimum atomic E-state index is -0.541. The molecular formula is C15H15NO4. The van der Waals surface area contributed by atoms with Gasteiger partial charge in [0.2, 0.25) is 0 Å². The number of benzene rings is 1. The number of carbonyl (C=O) groups is 3. The number of hydrogen-bond acceptors (Lipinski definition) is 4. The lowest BCUT2D eigenvalue weighted by Crippen LogP contribution is -2.40. The first-order valence-electron chi connectivity index (χ1n) is 6.74. The summed E-state index contributed by atoms with van der Waals surface area (Å²) in [5, 5.41) is 9.81. The van der Waals surface area contributed by atoms with Gasteiger partial charge >= 0.3 is 0 Å². The Balaban J connectivity index is 1.90. The highest BCUT2D eigenvalue weighted by atomic mass is 16.3. The zero-order valence-corrected chi connectivity index (χ0v) is 11.0. The molecule has 1 saturated carbocycles. The lowest BCUT2D eigenvalue weighted by molar-refractivity contribution is -0.124. The van der Waals surface area contributed by atoms with Gasteiger partial charge in [-0.05, 0) is 18.6 Å². The summed E-state index contributed by atoms with van der Waals surface area (Å²) in [5.74, 6) is -0.136. The fourth-order valence-corrected chi connectivity index (χ4v) is 2.93. The van der Waals surface area contributed by atoms with Gasteiger partial charge in [0.1, 0.15) is 11.5 Å². The van der Waals surface area contributed by atoms with Crippen LogP contribution < -0.4 is 0 Å². The Labute approximate surface area is 116 Å². The predicted molar refractivity (Wildman–Crippen MR) is 70.3 cm³/mol. The van der Waals surface area contributed by atoms with Crippen LogP contribution in [-0.4, -0.2) is 33.5 Å². The SMILES string of the molecule is O=C1CCC(=O)C(N2Cc3c(O)cccc3C2=O)CC1. The first-order valence-corrected chi connectivity index (χ1v) is 6.74. The van der Waals surface area contributed by atoms with Gasteiger partial charge in [0.25, 0.3) is 5.91 Å². The topological polar surface area (TPSA) is 74.7 Å². The largest absolute Gasteiger partial charge is 0.508 e. The summed E-state index contributed by atoms with van der Waals surface area (Å²) in [6, 6.07) is 4.27. The smallest absolute Gasteiger partial charge is 0.255 e. The van der Waals surface area contributed by atoms with E-state index in [9.17, 15) is 19.5 Å². The van der Waals surface area contributed by atoms with Gasteiger partial charge in [-0.15, -0.1) is 0 Å². The second-order valence-electron chi connectivity index (χ2n) is 5.30. The van der Waals surface area contributed by atoms with Crippen LogP contribution in [0.5, 0.6) is 5.75 Å². The van der Waals surface area contributed by atoms with Crippen LogP contribution in [-0.2, 0) is 16.1 Å². The van der Waals surface area contributed by atoms with Gasteiger partial charge in [-0.2, -0.15) is 0 Å². The van der Waals surface area contributed by atoms with Gasteiger partial charge < -0.3 is 10.0 Å². The van der Waals surface area contributed by atoms with Crippen LogP contribution in [0.25, 0.3) is 0 Å². The van der Waals surface area contributed by atoms with Crippen molar-refractivity contribution >= 4 is 17.5 Å². The standard InChI is InChI=1S/C15H15NO4/c17-9-4-6-12(14(19)7-5-9)16-8-11-10(15(16)20)2-1-3-13(11)18/h1-3,12,18H,4-8H2. The maximum atomic E-state index is 12.4. The van der Waals surface area contributed by atoms with Gasteiger partial charge in [-0.25, -0.2) is 0 Å².